The number of hydrogen-bond acceptors (Lipinski definition) is 5. The van der Waals surface area contributed by atoms with Crippen molar-refractivity contribution in [3.05, 3.63) is 88.7 Å². The lowest BCUT2D eigenvalue weighted by atomic mass is 9.72. The number of allylic oxidation sites excluding steroid dienone is 1. The molecule has 1 N–H and O–H groups in total. The van der Waals surface area contributed by atoms with Crippen LogP contribution in [0.15, 0.2) is 66.5 Å². The van der Waals surface area contributed by atoms with Crippen molar-refractivity contribution in [3.8, 4) is 5.75 Å². The van der Waals surface area contributed by atoms with Crippen LogP contribution in [-0.4, -0.2) is 47.5 Å². The average Bonchev–Trinajstić information content (AvgIpc) is 2.96. The Morgan fingerprint density at radius 1 is 1.00 bits per heavy atom. The molecule has 2 aliphatic rings. The van der Waals surface area contributed by atoms with Gasteiger partial charge in [-0.25, -0.2) is 0 Å². The number of aryl methyl sites for hydroxylation is 1. The first-order chi connectivity index (χ1) is 19.8. The number of methoxy groups -OCH3 is 1. The molecule has 0 saturated heterocycles. The second-order valence-corrected chi connectivity index (χ2v) is 12.9. The molecule has 0 aliphatic heterocycles. The molecule has 7 nitrogen and oxygen atoms in total. The summed E-state index contributed by atoms with van der Waals surface area (Å²) >= 11 is 0. The van der Waals surface area contributed by atoms with Crippen molar-refractivity contribution < 1.29 is 29.0 Å². The van der Waals surface area contributed by atoms with Crippen LogP contribution in [0.25, 0.3) is 0 Å². The molecule has 0 heterocycles. The van der Waals surface area contributed by atoms with E-state index >= 15 is 0 Å². The number of amides is 1. The number of rotatable bonds is 8. The van der Waals surface area contributed by atoms with E-state index in [1.54, 1.807) is 45.2 Å². The fourth-order valence-electron chi connectivity index (χ4n) is 5.74. The van der Waals surface area contributed by atoms with Gasteiger partial charge in [-0.15, -0.1) is 0 Å². The first-order valence-corrected chi connectivity index (χ1v) is 14.7. The van der Waals surface area contributed by atoms with Crippen molar-refractivity contribution in [1.82, 2.24) is 4.90 Å². The van der Waals surface area contributed by atoms with Gasteiger partial charge in [0, 0.05) is 18.0 Å². The molecule has 3 atom stereocenters. The lowest BCUT2D eigenvalue weighted by Gasteiger charge is -2.41. The van der Waals surface area contributed by atoms with Gasteiger partial charge in [0.1, 0.15) is 11.5 Å². The summed E-state index contributed by atoms with van der Waals surface area (Å²) in [6.07, 6.45) is 8.86. The van der Waals surface area contributed by atoms with Crippen LogP contribution in [0.2, 0.25) is 0 Å². The maximum absolute atomic E-state index is 13.9. The molecule has 0 radical (unpaired) electrons. The summed E-state index contributed by atoms with van der Waals surface area (Å²) in [5.74, 6) is 0.425. The van der Waals surface area contributed by atoms with Crippen LogP contribution in [0.1, 0.15) is 75.0 Å². The molecular formula is C35H43NO6. The number of carboxylic acids is 1. The van der Waals surface area contributed by atoms with Gasteiger partial charge in [0.25, 0.3) is 5.91 Å². The number of ether oxygens (including phenoxy) is 2. The van der Waals surface area contributed by atoms with Crippen molar-refractivity contribution >= 4 is 17.8 Å². The maximum atomic E-state index is 13.9. The molecule has 1 amide bonds. The minimum atomic E-state index is -1.05. The number of carbonyl (C=O) groups excluding carboxylic acids is 2. The summed E-state index contributed by atoms with van der Waals surface area (Å²) in [5, 5.41) is 9.59. The molecular weight excluding hydrogens is 530 g/mol. The van der Waals surface area contributed by atoms with Gasteiger partial charge < -0.3 is 19.5 Å². The Morgan fingerprint density at radius 3 is 2.29 bits per heavy atom. The highest BCUT2D eigenvalue weighted by atomic mass is 16.5. The third kappa shape index (κ3) is 6.45. The van der Waals surface area contributed by atoms with E-state index in [2.05, 4.69) is 12.1 Å². The SMILES string of the molecule is CCN(C(=O)c1ccc(C(C)(C)C(=O)O)cc1)C1C=C(OC)C=CC1[C@@H]1CCc2cc(OC(=O)C(C)(C)C)ccc2C1. The Kier molecular flexibility index (Phi) is 9.00. The van der Waals surface area contributed by atoms with Crippen LogP contribution in [-0.2, 0) is 32.6 Å². The number of likely N-dealkylation sites (N-methyl/N-ethyl adjacent to an activating group) is 1. The van der Waals surface area contributed by atoms with E-state index in [9.17, 15) is 19.5 Å². The molecule has 2 unspecified atom stereocenters. The molecule has 0 spiro atoms. The van der Waals surface area contributed by atoms with Gasteiger partial charge in [0.15, 0.2) is 0 Å². The predicted molar refractivity (Wildman–Crippen MR) is 162 cm³/mol. The molecule has 0 fully saturated rings. The molecule has 224 valence electrons. The van der Waals surface area contributed by atoms with Crippen LogP contribution >= 0.6 is 0 Å². The van der Waals surface area contributed by atoms with E-state index in [-0.39, 0.29) is 23.8 Å². The Hall–Kier alpha value is -3.87. The van der Waals surface area contributed by atoms with Crippen molar-refractivity contribution in [2.24, 2.45) is 17.3 Å². The second kappa shape index (κ2) is 12.2. The van der Waals surface area contributed by atoms with E-state index in [0.717, 1.165) is 25.0 Å². The Morgan fingerprint density at radius 2 is 1.69 bits per heavy atom. The number of carboxylic acid groups (broad SMARTS) is 1. The van der Waals surface area contributed by atoms with Crippen molar-refractivity contribution in [3.63, 3.8) is 0 Å². The molecule has 0 aromatic heterocycles. The topological polar surface area (TPSA) is 93.1 Å². The zero-order chi connectivity index (χ0) is 30.8. The van der Waals surface area contributed by atoms with E-state index in [0.29, 0.717) is 29.3 Å². The van der Waals surface area contributed by atoms with Crippen LogP contribution in [0.3, 0.4) is 0 Å². The lowest BCUT2D eigenvalue weighted by Crippen LogP contribution is -2.47. The Balaban J connectivity index is 1.56. The van der Waals surface area contributed by atoms with Crippen LogP contribution in [0, 0.1) is 17.3 Å². The summed E-state index contributed by atoms with van der Waals surface area (Å²) in [7, 11) is 1.63. The number of benzene rings is 2. The first kappa shape index (κ1) is 31.1. The summed E-state index contributed by atoms with van der Waals surface area (Å²) in [5.41, 5.74) is 1.98. The zero-order valence-electron chi connectivity index (χ0n) is 25.8. The third-order valence-corrected chi connectivity index (χ3v) is 8.61. The van der Waals surface area contributed by atoms with Crippen LogP contribution < -0.4 is 4.74 Å². The predicted octanol–water partition coefficient (Wildman–Crippen LogP) is 6.35. The van der Waals surface area contributed by atoms with Gasteiger partial charge in [-0.1, -0.05) is 24.3 Å². The Labute approximate surface area is 249 Å². The van der Waals surface area contributed by atoms with Crippen molar-refractivity contribution in [2.75, 3.05) is 13.7 Å². The van der Waals surface area contributed by atoms with Crippen LogP contribution in [0.5, 0.6) is 5.75 Å². The van der Waals surface area contributed by atoms with Gasteiger partial charge in [0.2, 0.25) is 0 Å². The average molecular weight is 574 g/mol. The zero-order valence-corrected chi connectivity index (χ0v) is 25.8. The molecule has 42 heavy (non-hydrogen) atoms. The highest BCUT2D eigenvalue weighted by Crippen LogP contribution is 2.38. The van der Waals surface area contributed by atoms with Gasteiger partial charge in [-0.05, 0) is 120 Å². The van der Waals surface area contributed by atoms with E-state index in [4.69, 9.17) is 9.47 Å². The Bertz CT molecular complexity index is 1400. The summed E-state index contributed by atoms with van der Waals surface area (Å²) in [6, 6.07) is 12.6. The molecule has 0 bridgehead atoms. The van der Waals surface area contributed by atoms with Gasteiger partial charge in [-0.2, -0.15) is 0 Å². The van der Waals surface area contributed by atoms with Crippen molar-refractivity contribution in [2.45, 2.75) is 72.3 Å². The summed E-state index contributed by atoms with van der Waals surface area (Å²) in [4.78, 5) is 39.8. The fourth-order valence-corrected chi connectivity index (χ4v) is 5.74. The number of carbonyl (C=O) groups is 3. The molecule has 2 aliphatic carbocycles. The van der Waals surface area contributed by atoms with Crippen molar-refractivity contribution in [1.29, 1.82) is 0 Å². The minimum Gasteiger partial charge on any atom is -0.497 e. The smallest absolute Gasteiger partial charge is 0.316 e. The van der Waals surface area contributed by atoms with E-state index in [1.165, 1.54) is 11.1 Å². The molecule has 0 saturated carbocycles. The van der Waals surface area contributed by atoms with E-state index < -0.39 is 16.8 Å². The third-order valence-electron chi connectivity index (χ3n) is 8.61. The van der Waals surface area contributed by atoms with Gasteiger partial charge in [-0.3, -0.25) is 14.4 Å². The highest BCUT2D eigenvalue weighted by molar-refractivity contribution is 5.95. The summed E-state index contributed by atoms with van der Waals surface area (Å²) < 4.78 is 11.2. The largest absolute Gasteiger partial charge is 0.497 e. The molecule has 7 heteroatoms. The molecule has 2 aromatic carbocycles. The lowest BCUT2D eigenvalue weighted by molar-refractivity contribution is -0.143. The second-order valence-electron chi connectivity index (χ2n) is 12.9. The number of esters is 1. The van der Waals surface area contributed by atoms with E-state index in [1.807, 2.05) is 56.9 Å². The number of fused-ring (bicyclic) bond motifs is 1. The quantitative estimate of drug-likeness (QED) is 0.292. The monoisotopic (exact) mass is 573 g/mol. The highest BCUT2D eigenvalue weighted by Gasteiger charge is 2.37. The molecule has 4 rings (SSSR count). The number of nitrogens with zero attached hydrogens (tertiary/aromatic N) is 1. The van der Waals surface area contributed by atoms with Crippen LogP contribution in [0.4, 0.5) is 0 Å². The summed E-state index contributed by atoms with van der Waals surface area (Å²) in [6.45, 7) is 11.3. The molecule has 2 aromatic rings. The normalized spacial score (nSPS) is 20.3. The number of aliphatic carboxylic acids is 1. The fraction of sp³-hybridized carbons (Fsp3) is 0.457. The minimum absolute atomic E-state index is 0.0876. The first-order valence-electron chi connectivity index (χ1n) is 14.7. The maximum Gasteiger partial charge on any atom is 0.316 e. The number of hydrogen-bond donors (Lipinski definition) is 1. The van der Waals surface area contributed by atoms with Gasteiger partial charge >= 0.3 is 11.9 Å². The van der Waals surface area contributed by atoms with Gasteiger partial charge in [0.05, 0.1) is 24.0 Å². The standard InChI is InChI=1S/C35H43NO6/c1-8-36(31(37)22-11-14-26(15-12-22)35(5,6)32(38)39)30-21-27(41-7)17-18-29(30)25-10-9-24-20-28(16-13-23(24)19-25)42-33(40)34(2,3)4/h11-18,20-21,25,29-30H,8-10,19H2,1-7H3,(H,38,39)/t25-,29?,30?/m1/s1.